The second-order valence-electron chi connectivity index (χ2n) is 6.01. The highest BCUT2D eigenvalue weighted by atomic mass is 127. The molecular weight excluding hydrogens is 477 g/mol. The van der Waals surface area contributed by atoms with E-state index in [0.29, 0.717) is 37.0 Å². The van der Waals surface area contributed by atoms with E-state index in [0.717, 1.165) is 22.5 Å². The van der Waals surface area contributed by atoms with Gasteiger partial charge >= 0.3 is 0 Å². The second kappa shape index (κ2) is 10.4. The monoisotopic (exact) mass is 501 g/mol. The molecule has 0 aromatic carbocycles. The number of hydrogen-bond acceptors (Lipinski definition) is 6. The van der Waals surface area contributed by atoms with Gasteiger partial charge in [-0.2, -0.15) is 5.10 Å². The van der Waals surface area contributed by atoms with E-state index in [1.807, 2.05) is 12.1 Å². The van der Waals surface area contributed by atoms with Crippen LogP contribution < -0.4 is 10.6 Å². The summed E-state index contributed by atoms with van der Waals surface area (Å²) in [7, 11) is 1.75. The first-order valence-electron chi connectivity index (χ1n) is 8.49. The molecule has 0 aliphatic carbocycles. The van der Waals surface area contributed by atoms with E-state index in [1.165, 1.54) is 0 Å². The van der Waals surface area contributed by atoms with Crippen LogP contribution in [0.25, 0.3) is 11.6 Å². The zero-order valence-electron chi connectivity index (χ0n) is 15.5. The summed E-state index contributed by atoms with van der Waals surface area (Å²) in [5.41, 5.74) is 1.13. The predicted octanol–water partition coefficient (Wildman–Crippen LogP) is 3.17. The predicted molar refractivity (Wildman–Crippen MR) is 118 cm³/mol. The van der Waals surface area contributed by atoms with Gasteiger partial charge in [0.25, 0.3) is 0 Å². The van der Waals surface area contributed by atoms with E-state index < -0.39 is 0 Å². The van der Waals surface area contributed by atoms with Crippen molar-refractivity contribution in [3.8, 4) is 11.6 Å². The van der Waals surface area contributed by atoms with Crippen molar-refractivity contribution in [2.24, 2.45) is 4.99 Å². The molecule has 0 atom stereocenters. The van der Waals surface area contributed by atoms with Gasteiger partial charge in [0.15, 0.2) is 11.7 Å². The number of hydrogen-bond donors (Lipinski definition) is 3. The number of guanidine groups is 1. The molecule has 0 fully saturated rings. The van der Waals surface area contributed by atoms with Gasteiger partial charge in [0.05, 0.1) is 18.5 Å². The number of nitrogens with zero attached hydrogens (tertiary/aromatic N) is 4. The molecule has 3 aromatic rings. The molecule has 3 heterocycles. The highest BCUT2D eigenvalue weighted by Crippen LogP contribution is 2.17. The number of aliphatic imine (C=N–C) groups is 1. The molecule has 0 radical (unpaired) electrons. The number of H-pyrrole nitrogens is 1. The summed E-state index contributed by atoms with van der Waals surface area (Å²) in [6, 6.07) is 3.65. The van der Waals surface area contributed by atoms with Gasteiger partial charge in [-0.1, -0.05) is 13.8 Å². The van der Waals surface area contributed by atoms with Crippen LogP contribution in [-0.4, -0.2) is 39.7 Å². The number of nitrogens with one attached hydrogen (secondary N) is 3. The van der Waals surface area contributed by atoms with Gasteiger partial charge in [0, 0.05) is 25.4 Å². The first-order chi connectivity index (χ1) is 12.7. The Labute approximate surface area is 179 Å². The van der Waals surface area contributed by atoms with Crippen molar-refractivity contribution in [3.63, 3.8) is 0 Å². The Morgan fingerprint density at radius 2 is 2.19 bits per heavy atom. The van der Waals surface area contributed by atoms with E-state index in [4.69, 9.17) is 4.42 Å². The van der Waals surface area contributed by atoms with Gasteiger partial charge < -0.3 is 15.1 Å². The first kappa shape index (κ1) is 21.4. The average Bonchev–Trinajstić information content (AvgIpc) is 3.39. The molecule has 0 aliphatic heterocycles. The molecule has 0 bridgehead atoms. The number of furan rings is 1. The maximum Gasteiger partial charge on any atom is 0.216 e. The normalized spacial score (nSPS) is 11.5. The third-order valence-electron chi connectivity index (χ3n) is 3.72. The molecule has 0 aliphatic rings. The lowest BCUT2D eigenvalue weighted by atomic mass is 10.2. The van der Waals surface area contributed by atoms with Gasteiger partial charge in [-0.25, -0.2) is 9.97 Å². The fourth-order valence-electron chi connectivity index (χ4n) is 2.27. The summed E-state index contributed by atoms with van der Waals surface area (Å²) >= 11 is 1.66. The molecule has 0 saturated carbocycles. The Bertz CT molecular complexity index is 841. The minimum Gasteiger partial charge on any atom is -0.461 e. The fourth-order valence-corrected chi connectivity index (χ4v) is 3.17. The second-order valence-corrected chi connectivity index (χ2v) is 6.95. The highest BCUT2D eigenvalue weighted by molar-refractivity contribution is 14.0. The van der Waals surface area contributed by atoms with E-state index in [9.17, 15) is 0 Å². The lowest BCUT2D eigenvalue weighted by molar-refractivity contribution is 0.577. The lowest BCUT2D eigenvalue weighted by Gasteiger charge is -2.10. The number of aromatic nitrogens is 4. The molecule has 0 amide bonds. The molecule has 146 valence electrons. The molecule has 3 N–H and O–H groups in total. The van der Waals surface area contributed by atoms with Gasteiger partial charge in [-0.15, -0.1) is 35.3 Å². The van der Waals surface area contributed by atoms with Crippen molar-refractivity contribution < 1.29 is 4.42 Å². The van der Waals surface area contributed by atoms with Gasteiger partial charge in [0.1, 0.15) is 10.8 Å². The average molecular weight is 501 g/mol. The van der Waals surface area contributed by atoms with Crippen LogP contribution in [0.15, 0.2) is 33.2 Å². The number of thiazole rings is 1. The summed E-state index contributed by atoms with van der Waals surface area (Å²) in [6.45, 7) is 5.63. The van der Waals surface area contributed by atoms with Gasteiger partial charge in [0.2, 0.25) is 5.82 Å². The topological polar surface area (TPSA) is 104 Å². The standard InChI is InChI=1S/C17H23N7OS.HI/c1-11(2)12-10-26-15(21-12)9-20-17(18-3)19-7-6-14-22-16(24-23-14)13-5-4-8-25-13;/h4-5,8,10-11H,6-7,9H2,1-3H3,(H2,18,19,20)(H,22,23,24);1H. The third-order valence-corrected chi connectivity index (χ3v) is 4.59. The maximum atomic E-state index is 5.29. The van der Waals surface area contributed by atoms with Gasteiger partial charge in [-0.05, 0) is 18.1 Å². The Kier molecular flexibility index (Phi) is 8.23. The largest absolute Gasteiger partial charge is 0.461 e. The lowest BCUT2D eigenvalue weighted by Crippen LogP contribution is -2.37. The molecule has 3 aromatic heterocycles. The van der Waals surface area contributed by atoms with Crippen LogP contribution in [0, 0.1) is 0 Å². The van der Waals surface area contributed by atoms with Crippen molar-refractivity contribution in [2.75, 3.05) is 13.6 Å². The van der Waals surface area contributed by atoms with Crippen molar-refractivity contribution in [2.45, 2.75) is 32.7 Å². The first-order valence-corrected chi connectivity index (χ1v) is 9.37. The molecule has 0 saturated heterocycles. The molecule has 10 heteroatoms. The Hall–Kier alpha value is -1.95. The Balaban J connectivity index is 0.00000261. The summed E-state index contributed by atoms with van der Waals surface area (Å²) in [6.07, 6.45) is 2.30. The van der Waals surface area contributed by atoms with Crippen molar-refractivity contribution in [1.82, 2.24) is 30.8 Å². The van der Waals surface area contributed by atoms with Crippen molar-refractivity contribution in [3.05, 3.63) is 40.3 Å². The maximum absolute atomic E-state index is 5.29. The smallest absolute Gasteiger partial charge is 0.216 e. The van der Waals surface area contributed by atoms with Crippen molar-refractivity contribution in [1.29, 1.82) is 0 Å². The summed E-state index contributed by atoms with van der Waals surface area (Å²) in [5, 5.41) is 16.8. The van der Waals surface area contributed by atoms with E-state index >= 15 is 0 Å². The summed E-state index contributed by atoms with van der Waals surface area (Å²) < 4.78 is 5.29. The Morgan fingerprint density at radius 1 is 1.33 bits per heavy atom. The SMILES string of the molecule is CN=C(NCCc1nc(-c2ccco2)n[nH]1)NCc1nc(C(C)C)cs1.I. The molecular formula is C17H24IN7OS. The number of rotatable bonds is 7. The quantitative estimate of drug-likeness (QED) is 0.261. The molecule has 3 rings (SSSR count). The van der Waals surface area contributed by atoms with Gasteiger partial charge in [-0.3, -0.25) is 10.1 Å². The van der Waals surface area contributed by atoms with Crippen LogP contribution >= 0.6 is 35.3 Å². The van der Waals surface area contributed by atoms with Crippen LogP contribution in [0.4, 0.5) is 0 Å². The molecule has 8 nitrogen and oxygen atoms in total. The van der Waals surface area contributed by atoms with E-state index in [1.54, 1.807) is 24.6 Å². The summed E-state index contributed by atoms with van der Waals surface area (Å²) in [4.78, 5) is 13.3. The minimum absolute atomic E-state index is 0. The Morgan fingerprint density at radius 3 is 2.85 bits per heavy atom. The third kappa shape index (κ3) is 6.03. The minimum atomic E-state index is 0. The van der Waals surface area contributed by atoms with Crippen LogP contribution in [0.2, 0.25) is 0 Å². The molecule has 0 spiro atoms. The van der Waals surface area contributed by atoms with Crippen LogP contribution in [0.3, 0.4) is 0 Å². The zero-order valence-corrected chi connectivity index (χ0v) is 18.7. The van der Waals surface area contributed by atoms with E-state index in [-0.39, 0.29) is 24.0 Å². The molecule has 0 unspecified atom stereocenters. The summed E-state index contributed by atoms with van der Waals surface area (Å²) in [5.74, 6) is 3.20. The van der Waals surface area contributed by atoms with E-state index in [2.05, 4.69) is 55.0 Å². The molecule has 27 heavy (non-hydrogen) atoms. The van der Waals surface area contributed by atoms with Crippen molar-refractivity contribution >= 4 is 41.3 Å². The number of aromatic amines is 1. The fraction of sp³-hybridized carbons (Fsp3) is 0.412. The van der Waals surface area contributed by atoms with Crippen LogP contribution in [0.1, 0.15) is 36.3 Å². The van der Waals surface area contributed by atoms with Crippen LogP contribution in [0.5, 0.6) is 0 Å². The zero-order chi connectivity index (χ0) is 18.4. The number of halogens is 1. The van der Waals surface area contributed by atoms with Crippen LogP contribution in [-0.2, 0) is 13.0 Å². The highest BCUT2D eigenvalue weighted by Gasteiger charge is 2.09.